The molecule has 0 heterocycles. The van der Waals surface area contributed by atoms with Gasteiger partial charge in [-0.25, -0.2) is 4.39 Å². The molecule has 1 rings (SSSR count). The first-order valence-corrected chi connectivity index (χ1v) is 6.24. The van der Waals surface area contributed by atoms with E-state index in [2.05, 4.69) is 0 Å². The Balaban J connectivity index is 2.58. The van der Waals surface area contributed by atoms with Crippen LogP contribution in [0.3, 0.4) is 0 Å². The van der Waals surface area contributed by atoms with Gasteiger partial charge >= 0.3 is 5.97 Å². The topological polar surface area (TPSA) is 35.5 Å². The van der Waals surface area contributed by atoms with Crippen molar-refractivity contribution in [2.75, 3.05) is 13.2 Å². The maximum atomic E-state index is 13.6. The van der Waals surface area contributed by atoms with Crippen LogP contribution in [-0.4, -0.2) is 19.2 Å². The van der Waals surface area contributed by atoms with E-state index >= 15 is 0 Å². The predicted octanol–water partition coefficient (Wildman–Crippen LogP) is 3.11. The molecule has 18 heavy (non-hydrogen) atoms. The van der Waals surface area contributed by atoms with E-state index in [1.54, 1.807) is 19.1 Å². The summed E-state index contributed by atoms with van der Waals surface area (Å²) in [6.45, 7) is 4.62. The average molecular weight is 254 g/mol. The molecular formula is C14H19FO3. The molecule has 0 radical (unpaired) electrons. The van der Waals surface area contributed by atoms with Gasteiger partial charge in [0.2, 0.25) is 0 Å². The summed E-state index contributed by atoms with van der Waals surface area (Å²) in [7, 11) is 0. The van der Waals surface area contributed by atoms with E-state index in [0.717, 1.165) is 12.8 Å². The quantitative estimate of drug-likeness (QED) is 0.554. The largest absolute Gasteiger partial charge is 0.491 e. The van der Waals surface area contributed by atoms with Crippen LogP contribution in [0.2, 0.25) is 0 Å². The molecule has 0 amide bonds. The molecule has 0 bridgehead atoms. The number of hydrogen-bond acceptors (Lipinski definition) is 3. The van der Waals surface area contributed by atoms with E-state index in [9.17, 15) is 9.18 Å². The van der Waals surface area contributed by atoms with Crippen LogP contribution in [-0.2, 0) is 16.0 Å². The highest BCUT2D eigenvalue weighted by Crippen LogP contribution is 2.19. The lowest BCUT2D eigenvalue weighted by molar-refractivity contribution is -0.142. The van der Waals surface area contributed by atoms with E-state index in [1.165, 1.54) is 6.07 Å². The average Bonchev–Trinajstić information content (AvgIpc) is 2.32. The maximum Gasteiger partial charge on any atom is 0.310 e. The van der Waals surface area contributed by atoms with Crippen molar-refractivity contribution in [2.45, 2.75) is 33.1 Å². The van der Waals surface area contributed by atoms with E-state index in [-0.39, 0.29) is 18.1 Å². The van der Waals surface area contributed by atoms with Crippen molar-refractivity contribution >= 4 is 5.97 Å². The number of hydrogen-bond donors (Lipinski definition) is 0. The predicted molar refractivity (Wildman–Crippen MR) is 67.1 cm³/mol. The molecule has 0 unspecified atom stereocenters. The fourth-order valence-electron chi connectivity index (χ4n) is 1.48. The summed E-state index contributed by atoms with van der Waals surface area (Å²) in [5.41, 5.74) is 0.591. The molecule has 3 nitrogen and oxygen atoms in total. The second-order valence-corrected chi connectivity index (χ2v) is 3.95. The zero-order chi connectivity index (χ0) is 13.4. The smallest absolute Gasteiger partial charge is 0.310 e. The number of carbonyl (C=O) groups is 1. The van der Waals surface area contributed by atoms with E-state index < -0.39 is 5.82 Å². The molecule has 4 heteroatoms. The Bertz CT molecular complexity index is 391. The van der Waals surface area contributed by atoms with Crippen LogP contribution in [0.5, 0.6) is 5.75 Å². The summed E-state index contributed by atoms with van der Waals surface area (Å²) in [6, 6.07) is 4.55. The number of unbranched alkanes of at least 4 members (excludes halogenated alkanes) is 1. The second kappa shape index (κ2) is 7.69. The first-order valence-electron chi connectivity index (χ1n) is 6.24. The highest BCUT2D eigenvalue weighted by Gasteiger charge is 2.08. The Labute approximate surface area is 107 Å². The first-order chi connectivity index (χ1) is 8.67. The molecule has 0 fully saturated rings. The van der Waals surface area contributed by atoms with Crippen LogP contribution in [0.4, 0.5) is 4.39 Å². The summed E-state index contributed by atoms with van der Waals surface area (Å²) in [6.07, 6.45) is 1.98. The van der Waals surface area contributed by atoms with Gasteiger partial charge in [0.25, 0.3) is 0 Å². The van der Waals surface area contributed by atoms with Crippen LogP contribution in [0, 0.1) is 5.82 Å². The van der Waals surface area contributed by atoms with Crippen LogP contribution in [0.25, 0.3) is 0 Å². The van der Waals surface area contributed by atoms with Gasteiger partial charge in [-0.1, -0.05) is 19.4 Å². The third-order valence-electron chi connectivity index (χ3n) is 2.41. The van der Waals surface area contributed by atoms with Gasteiger partial charge < -0.3 is 9.47 Å². The lowest BCUT2D eigenvalue weighted by Gasteiger charge is -2.08. The molecule has 0 aliphatic carbocycles. The van der Waals surface area contributed by atoms with Gasteiger partial charge in [0.1, 0.15) is 0 Å². The van der Waals surface area contributed by atoms with Gasteiger partial charge in [-0.3, -0.25) is 4.79 Å². The Morgan fingerprint density at radius 3 is 2.72 bits per heavy atom. The van der Waals surface area contributed by atoms with Crippen molar-refractivity contribution < 1.29 is 18.7 Å². The highest BCUT2D eigenvalue weighted by molar-refractivity contribution is 5.72. The van der Waals surface area contributed by atoms with Crippen LogP contribution < -0.4 is 4.74 Å². The molecule has 1 aromatic rings. The Kier molecular flexibility index (Phi) is 6.19. The van der Waals surface area contributed by atoms with Crippen molar-refractivity contribution in [1.82, 2.24) is 0 Å². The summed E-state index contributed by atoms with van der Waals surface area (Å²) >= 11 is 0. The summed E-state index contributed by atoms with van der Waals surface area (Å²) in [5.74, 6) is -0.555. The number of esters is 1. The fourth-order valence-corrected chi connectivity index (χ4v) is 1.48. The molecule has 0 aromatic heterocycles. The van der Waals surface area contributed by atoms with Gasteiger partial charge in [0.15, 0.2) is 11.6 Å². The van der Waals surface area contributed by atoms with Crippen molar-refractivity contribution in [3.63, 3.8) is 0 Å². The molecule has 0 spiro atoms. The molecule has 1 aromatic carbocycles. The van der Waals surface area contributed by atoms with Crippen LogP contribution in [0.15, 0.2) is 18.2 Å². The van der Waals surface area contributed by atoms with Crippen molar-refractivity contribution in [3.05, 3.63) is 29.6 Å². The molecule has 0 N–H and O–H groups in total. The molecule has 0 aliphatic heterocycles. The zero-order valence-corrected chi connectivity index (χ0v) is 10.9. The number of benzene rings is 1. The summed E-state index contributed by atoms with van der Waals surface area (Å²) in [5, 5.41) is 0. The first kappa shape index (κ1) is 14.5. The van der Waals surface area contributed by atoms with Gasteiger partial charge in [0.05, 0.1) is 19.6 Å². The number of ether oxygens (including phenoxy) is 2. The minimum absolute atomic E-state index is 0.0833. The van der Waals surface area contributed by atoms with Crippen molar-refractivity contribution in [3.8, 4) is 5.75 Å². The Morgan fingerprint density at radius 1 is 1.33 bits per heavy atom. The third kappa shape index (κ3) is 4.73. The zero-order valence-electron chi connectivity index (χ0n) is 10.9. The molecule has 0 saturated heterocycles. The van der Waals surface area contributed by atoms with Gasteiger partial charge in [-0.15, -0.1) is 0 Å². The lowest BCUT2D eigenvalue weighted by atomic mass is 10.1. The molecule has 0 aliphatic rings. The highest BCUT2D eigenvalue weighted by atomic mass is 19.1. The van der Waals surface area contributed by atoms with Gasteiger partial charge in [0, 0.05) is 0 Å². The minimum Gasteiger partial charge on any atom is -0.491 e. The second-order valence-electron chi connectivity index (χ2n) is 3.95. The number of rotatable bonds is 7. The maximum absolute atomic E-state index is 13.6. The van der Waals surface area contributed by atoms with E-state index in [4.69, 9.17) is 9.47 Å². The summed E-state index contributed by atoms with van der Waals surface area (Å²) < 4.78 is 23.7. The number of carbonyl (C=O) groups excluding carboxylic acids is 1. The number of halogens is 1. The van der Waals surface area contributed by atoms with Crippen molar-refractivity contribution in [2.24, 2.45) is 0 Å². The van der Waals surface area contributed by atoms with Gasteiger partial charge in [-0.05, 0) is 31.0 Å². The molecule has 0 saturated carbocycles. The minimum atomic E-state index is -0.437. The molecule has 100 valence electrons. The Hall–Kier alpha value is -1.58. The van der Waals surface area contributed by atoms with Crippen molar-refractivity contribution in [1.29, 1.82) is 0 Å². The third-order valence-corrected chi connectivity index (χ3v) is 2.41. The molecule has 0 atom stereocenters. The summed E-state index contributed by atoms with van der Waals surface area (Å²) in [4.78, 5) is 11.2. The fraction of sp³-hybridized carbons (Fsp3) is 0.500. The standard InChI is InChI=1S/C14H19FO3/c1-3-5-8-18-13-7-6-11(9-12(13)15)10-14(16)17-4-2/h6-7,9H,3-5,8,10H2,1-2H3. The van der Waals surface area contributed by atoms with Crippen LogP contribution >= 0.6 is 0 Å². The van der Waals surface area contributed by atoms with Gasteiger partial charge in [-0.2, -0.15) is 0 Å². The SMILES string of the molecule is CCCCOc1ccc(CC(=O)OCC)cc1F. The van der Waals surface area contributed by atoms with E-state index in [1.807, 2.05) is 6.92 Å². The molecular weight excluding hydrogens is 235 g/mol. The normalized spacial score (nSPS) is 10.2. The lowest BCUT2D eigenvalue weighted by Crippen LogP contribution is -2.08. The van der Waals surface area contributed by atoms with Crippen LogP contribution in [0.1, 0.15) is 32.3 Å². The Morgan fingerprint density at radius 2 is 2.11 bits per heavy atom. The monoisotopic (exact) mass is 254 g/mol. The van der Waals surface area contributed by atoms with E-state index in [0.29, 0.717) is 18.8 Å².